The molecule has 0 bridgehead atoms. The highest BCUT2D eigenvalue weighted by Gasteiger charge is 2.36. The van der Waals surface area contributed by atoms with Gasteiger partial charge in [-0.15, -0.1) is 11.3 Å². The van der Waals surface area contributed by atoms with E-state index < -0.39 is 0 Å². The molecule has 1 aromatic heterocycles. The number of morpholine rings is 1. The van der Waals surface area contributed by atoms with Crippen molar-refractivity contribution < 1.29 is 9.53 Å². The summed E-state index contributed by atoms with van der Waals surface area (Å²) in [5, 5.41) is 2.08. The van der Waals surface area contributed by atoms with E-state index in [-0.39, 0.29) is 24.0 Å². The third-order valence-corrected chi connectivity index (χ3v) is 5.57. The van der Waals surface area contributed by atoms with Crippen molar-refractivity contribution in [2.75, 3.05) is 18.1 Å². The number of carbonyl (C=O) groups excluding carboxylic acids is 1. The van der Waals surface area contributed by atoms with Crippen LogP contribution in [0, 0.1) is 23.2 Å². The highest BCUT2D eigenvalue weighted by molar-refractivity contribution is 7.11. The Labute approximate surface area is 149 Å². The van der Waals surface area contributed by atoms with Gasteiger partial charge in [-0.1, -0.05) is 31.1 Å². The van der Waals surface area contributed by atoms with Crippen LogP contribution in [0.5, 0.6) is 0 Å². The molecule has 24 heavy (non-hydrogen) atoms. The molecule has 0 spiro atoms. The van der Waals surface area contributed by atoms with Crippen LogP contribution in [0.2, 0.25) is 0 Å². The normalized spacial score (nSPS) is 23.0. The summed E-state index contributed by atoms with van der Waals surface area (Å²) < 4.78 is 5.58. The molecule has 2 fully saturated rings. The topological polar surface area (TPSA) is 29.5 Å². The SMILES string of the molecule is CC(C)(C)C#Cc1cc(N2C(=O)COC[C@H]2C2CCCCC2)cs1. The van der Waals surface area contributed by atoms with Gasteiger partial charge in [-0.3, -0.25) is 4.79 Å². The molecule has 130 valence electrons. The number of ether oxygens (including phenoxy) is 1. The zero-order valence-corrected chi connectivity index (χ0v) is 15.7. The third-order valence-electron chi connectivity index (χ3n) is 4.73. The van der Waals surface area contributed by atoms with Gasteiger partial charge in [0, 0.05) is 10.8 Å². The van der Waals surface area contributed by atoms with Crippen LogP contribution in [0.15, 0.2) is 11.4 Å². The maximum atomic E-state index is 12.5. The molecule has 1 saturated carbocycles. The van der Waals surface area contributed by atoms with E-state index in [2.05, 4.69) is 44.1 Å². The highest BCUT2D eigenvalue weighted by Crippen LogP contribution is 2.35. The van der Waals surface area contributed by atoms with Gasteiger partial charge in [-0.05, 0) is 45.6 Å². The highest BCUT2D eigenvalue weighted by atomic mass is 32.1. The minimum atomic E-state index is -0.0103. The first-order chi connectivity index (χ1) is 11.4. The molecule has 0 aromatic carbocycles. The van der Waals surface area contributed by atoms with Gasteiger partial charge in [-0.2, -0.15) is 0 Å². The van der Waals surface area contributed by atoms with E-state index in [0.717, 1.165) is 10.6 Å². The Hall–Kier alpha value is -1.31. The van der Waals surface area contributed by atoms with Crippen LogP contribution in [0.4, 0.5) is 5.69 Å². The van der Waals surface area contributed by atoms with E-state index in [1.807, 2.05) is 4.90 Å². The van der Waals surface area contributed by atoms with Gasteiger partial charge in [0.25, 0.3) is 5.91 Å². The number of amides is 1. The molecule has 1 amide bonds. The van der Waals surface area contributed by atoms with Crippen LogP contribution >= 0.6 is 11.3 Å². The van der Waals surface area contributed by atoms with E-state index in [4.69, 9.17) is 4.74 Å². The average Bonchev–Trinajstić information content (AvgIpc) is 3.01. The molecule has 0 N–H and O–H groups in total. The molecular formula is C20H27NO2S. The molecule has 1 aromatic rings. The van der Waals surface area contributed by atoms with Crippen molar-refractivity contribution in [2.45, 2.75) is 58.9 Å². The first-order valence-corrected chi connectivity index (χ1v) is 9.83. The number of thiophene rings is 1. The second-order valence-electron chi connectivity index (χ2n) is 7.91. The number of nitrogens with zero attached hydrogens (tertiary/aromatic N) is 1. The summed E-state index contributed by atoms with van der Waals surface area (Å²) in [6, 6.07) is 2.26. The maximum Gasteiger partial charge on any atom is 0.253 e. The summed E-state index contributed by atoms with van der Waals surface area (Å²) >= 11 is 1.63. The maximum absolute atomic E-state index is 12.5. The van der Waals surface area contributed by atoms with Crippen molar-refractivity contribution in [2.24, 2.45) is 11.3 Å². The van der Waals surface area contributed by atoms with Gasteiger partial charge in [0.2, 0.25) is 0 Å². The molecular weight excluding hydrogens is 318 g/mol. The van der Waals surface area contributed by atoms with Gasteiger partial charge in [0.1, 0.15) is 6.61 Å². The van der Waals surface area contributed by atoms with E-state index >= 15 is 0 Å². The van der Waals surface area contributed by atoms with Crippen molar-refractivity contribution in [3.8, 4) is 11.8 Å². The Morgan fingerprint density at radius 1 is 1.25 bits per heavy atom. The largest absolute Gasteiger partial charge is 0.369 e. The van der Waals surface area contributed by atoms with Crippen LogP contribution in [-0.4, -0.2) is 25.2 Å². The molecule has 3 nitrogen and oxygen atoms in total. The van der Waals surface area contributed by atoms with Crippen LogP contribution in [0.1, 0.15) is 57.8 Å². The average molecular weight is 346 g/mol. The van der Waals surface area contributed by atoms with Crippen LogP contribution < -0.4 is 4.90 Å². The predicted molar refractivity (Wildman–Crippen MR) is 99.3 cm³/mol. The number of hydrogen-bond donors (Lipinski definition) is 0. The standard InChI is InChI=1S/C20H27NO2S/c1-20(2,3)10-9-17-11-16(14-24-17)21-18(12-23-13-19(21)22)15-7-5-4-6-8-15/h11,14-15,18H,4-8,12-13H2,1-3H3/t18-/m0/s1. The number of rotatable bonds is 2. The van der Waals surface area contributed by atoms with E-state index in [9.17, 15) is 4.79 Å². The molecule has 0 unspecified atom stereocenters. The number of carbonyl (C=O) groups is 1. The van der Waals surface area contributed by atoms with Crippen LogP contribution in [0.25, 0.3) is 0 Å². The molecule has 2 aliphatic rings. The summed E-state index contributed by atoms with van der Waals surface area (Å²) in [7, 11) is 0. The molecule has 0 radical (unpaired) electrons. The summed E-state index contributed by atoms with van der Waals surface area (Å²) in [4.78, 5) is 15.6. The Morgan fingerprint density at radius 3 is 2.71 bits per heavy atom. The molecule has 4 heteroatoms. The fourth-order valence-corrected chi connectivity index (χ4v) is 4.29. The lowest BCUT2D eigenvalue weighted by Gasteiger charge is -2.41. The molecule has 1 saturated heterocycles. The van der Waals surface area contributed by atoms with Crippen molar-refractivity contribution in [3.63, 3.8) is 0 Å². The Bertz CT molecular complexity index is 641. The van der Waals surface area contributed by atoms with Gasteiger partial charge in [-0.25, -0.2) is 0 Å². The summed E-state index contributed by atoms with van der Waals surface area (Å²) in [5.41, 5.74) is 0.992. The van der Waals surface area contributed by atoms with Crippen molar-refractivity contribution in [1.29, 1.82) is 0 Å². The molecule has 1 aliphatic carbocycles. The van der Waals surface area contributed by atoms with Crippen molar-refractivity contribution in [1.82, 2.24) is 0 Å². The third kappa shape index (κ3) is 4.20. The summed E-state index contributed by atoms with van der Waals surface area (Å²) in [6.45, 7) is 7.19. The van der Waals surface area contributed by atoms with Crippen LogP contribution in [0.3, 0.4) is 0 Å². The van der Waals surface area contributed by atoms with Crippen molar-refractivity contribution in [3.05, 3.63) is 16.3 Å². The Balaban J connectivity index is 1.82. The predicted octanol–water partition coefficient (Wildman–Crippen LogP) is 4.46. The lowest BCUT2D eigenvalue weighted by molar-refractivity contribution is -0.128. The smallest absolute Gasteiger partial charge is 0.253 e. The summed E-state index contributed by atoms with van der Waals surface area (Å²) in [6.07, 6.45) is 6.28. The quantitative estimate of drug-likeness (QED) is 0.741. The molecule has 3 rings (SSSR count). The molecule has 1 aliphatic heterocycles. The Morgan fingerprint density at radius 2 is 2.00 bits per heavy atom. The summed E-state index contributed by atoms with van der Waals surface area (Å²) in [5.74, 6) is 7.18. The lowest BCUT2D eigenvalue weighted by atomic mass is 9.83. The number of anilines is 1. The lowest BCUT2D eigenvalue weighted by Crippen LogP contribution is -2.53. The first kappa shape index (κ1) is 17.5. The minimum absolute atomic E-state index is 0.0103. The fourth-order valence-electron chi connectivity index (χ4n) is 3.56. The monoisotopic (exact) mass is 345 g/mol. The molecule has 1 atom stereocenters. The number of hydrogen-bond acceptors (Lipinski definition) is 3. The van der Waals surface area contributed by atoms with Gasteiger partial charge in [0.05, 0.1) is 23.2 Å². The fraction of sp³-hybridized carbons (Fsp3) is 0.650. The van der Waals surface area contributed by atoms with Gasteiger partial charge >= 0.3 is 0 Å². The van der Waals surface area contributed by atoms with E-state index in [0.29, 0.717) is 12.5 Å². The van der Waals surface area contributed by atoms with Gasteiger partial charge < -0.3 is 9.64 Å². The van der Waals surface area contributed by atoms with Crippen LogP contribution in [-0.2, 0) is 9.53 Å². The second-order valence-corrected chi connectivity index (χ2v) is 8.82. The second kappa shape index (κ2) is 7.29. The van der Waals surface area contributed by atoms with Gasteiger partial charge in [0.15, 0.2) is 0 Å². The zero-order chi connectivity index (χ0) is 17.2. The van der Waals surface area contributed by atoms with E-state index in [1.54, 1.807) is 11.3 Å². The van der Waals surface area contributed by atoms with Crippen molar-refractivity contribution >= 4 is 22.9 Å². The van der Waals surface area contributed by atoms with E-state index in [1.165, 1.54) is 32.1 Å². The first-order valence-electron chi connectivity index (χ1n) is 8.95. The Kier molecular flexibility index (Phi) is 5.32. The molecule has 2 heterocycles. The minimum Gasteiger partial charge on any atom is -0.369 e. The zero-order valence-electron chi connectivity index (χ0n) is 14.9.